The largest absolute Gasteiger partial charge is 0.309 e. The van der Waals surface area contributed by atoms with Crippen LogP contribution in [0.5, 0.6) is 0 Å². The summed E-state index contributed by atoms with van der Waals surface area (Å²) in [4.78, 5) is 4.56. The second-order valence-corrected chi connectivity index (χ2v) is 12.1. The van der Waals surface area contributed by atoms with Gasteiger partial charge in [-0.3, -0.25) is 4.98 Å². The van der Waals surface area contributed by atoms with E-state index in [0.717, 1.165) is 16.9 Å². The van der Waals surface area contributed by atoms with Gasteiger partial charge in [0.2, 0.25) is 0 Å². The minimum atomic E-state index is 0.985. The van der Waals surface area contributed by atoms with Crippen LogP contribution < -0.4 is 0 Å². The number of benzene rings is 7. The van der Waals surface area contributed by atoms with Gasteiger partial charge in [-0.25, -0.2) is 0 Å². The molecule has 0 saturated heterocycles. The van der Waals surface area contributed by atoms with E-state index in [4.69, 9.17) is 0 Å². The molecule has 0 atom stereocenters. The summed E-state index contributed by atoms with van der Waals surface area (Å²) < 4.78 is 2.38. The third-order valence-corrected chi connectivity index (χ3v) is 9.31. The van der Waals surface area contributed by atoms with E-state index in [0.29, 0.717) is 0 Å². The molecular formula is C44H30N2. The molecule has 0 amide bonds. The first kappa shape index (κ1) is 26.4. The summed E-state index contributed by atoms with van der Waals surface area (Å²) in [5, 5.41) is 7.60. The highest BCUT2D eigenvalue weighted by atomic mass is 15.0. The van der Waals surface area contributed by atoms with Crippen LogP contribution in [-0.4, -0.2) is 9.55 Å². The van der Waals surface area contributed by atoms with Gasteiger partial charge in [0.1, 0.15) is 0 Å². The molecule has 9 rings (SSSR count). The predicted molar refractivity (Wildman–Crippen MR) is 195 cm³/mol. The molecule has 0 aliphatic heterocycles. The Morgan fingerprint density at radius 2 is 0.913 bits per heavy atom. The monoisotopic (exact) mass is 586 g/mol. The molecule has 46 heavy (non-hydrogen) atoms. The van der Waals surface area contributed by atoms with Crippen molar-refractivity contribution in [3.05, 3.63) is 169 Å². The SMILES string of the molecule is Cc1ccc2c(-c3ccc(-n4c5ccccc5c5ccccc54)cc3)c3ccccc3c(-c3ccc(-c4ccccn4)cc3)c2c1. The Bertz CT molecular complexity index is 2500. The molecule has 0 bridgehead atoms. The molecule has 0 fully saturated rings. The summed E-state index contributed by atoms with van der Waals surface area (Å²) in [6, 6.07) is 57.2. The first-order valence-electron chi connectivity index (χ1n) is 15.8. The lowest BCUT2D eigenvalue weighted by Crippen LogP contribution is -1.95. The molecule has 0 aliphatic carbocycles. The Hall–Kier alpha value is -5.99. The number of hydrogen-bond donors (Lipinski definition) is 0. The van der Waals surface area contributed by atoms with Crippen molar-refractivity contribution >= 4 is 43.4 Å². The number of rotatable bonds is 4. The van der Waals surface area contributed by atoms with Gasteiger partial charge in [0, 0.05) is 28.2 Å². The van der Waals surface area contributed by atoms with E-state index in [1.807, 2.05) is 18.3 Å². The molecule has 0 radical (unpaired) electrons. The van der Waals surface area contributed by atoms with E-state index in [-0.39, 0.29) is 0 Å². The smallest absolute Gasteiger partial charge is 0.0701 e. The Kier molecular flexibility index (Phi) is 6.07. The zero-order valence-corrected chi connectivity index (χ0v) is 25.5. The second-order valence-electron chi connectivity index (χ2n) is 12.1. The zero-order valence-electron chi connectivity index (χ0n) is 25.5. The highest BCUT2D eigenvalue weighted by Crippen LogP contribution is 2.44. The number of fused-ring (bicyclic) bond motifs is 5. The van der Waals surface area contributed by atoms with Crippen molar-refractivity contribution in [3.8, 4) is 39.2 Å². The number of hydrogen-bond acceptors (Lipinski definition) is 1. The lowest BCUT2D eigenvalue weighted by Gasteiger charge is -2.19. The van der Waals surface area contributed by atoms with Crippen molar-refractivity contribution in [2.24, 2.45) is 0 Å². The average Bonchev–Trinajstić information content (AvgIpc) is 3.46. The molecule has 2 aromatic heterocycles. The van der Waals surface area contributed by atoms with Gasteiger partial charge >= 0.3 is 0 Å². The van der Waals surface area contributed by atoms with Crippen molar-refractivity contribution in [1.82, 2.24) is 9.55 Å². The second kappa shape index (κ2) is 10.6. The Labute approximate surface area is 267 Å². The maximum absolute atomic E-state index is 4.56. The molecule has 0 aliphatic rings. The number of aromatic nitrogens is 2. The molecule has 0 spiro atoms. The normalized spacial score (nSPS) is 11.6. The van der Waals surface area contributed by atoms with E-state index >= 15 is 0 Å². The van der Waals surface area contributed by atoms with E-state index in [2.05, 4.69) is 162 Å². The third kappa shape index (κ3) is 4.15. The average molecular weight is 587 g/mol. The van der Waals surface area contributed by atoms with Gasteiger partial charge in [0.05, 0.1) is 16.7 Å². The first-order valence-corrected chi connectivity index (χ1v) is 15.8. The first-order chi connectivity index (χ1) is 22.7. The number of para-hydroxylation sites is 2. The van der Waals surface area contributed by atoms with Gasteiger partial charge in [-0.05, 0) is 87.1 Å². The lowest BCUT2D eigenvalue weighted by atomic mass is 9.85. The summed E-state index contributed by atoms with van der Waals surface area (Å²) in [7, 11) is 0. The Balaban J connectivity index is 1.24. The topological polar surface area (TPSA) is 17.8 Å². The zero-order chi connectivity index (χ0) is 30.6. The van der Waals surface area contributed by atoms with Gasteiger partial charge in [0.25, 0.3) is 0 Å². The quantitative estimate of drug-likeness (QED) is 0.188. The molecule has 216 valence electrons. The predicted octanol–water partition coefficient (Wildman–Crippen LogP) is 11.8. The minimum absolute atomic E-state index is 0.985. The van der Waals surface area contributed by atoms with Crippen LogP contribution >= 0.6 is 0 Å². The van der Waals surface area contributed by atoms with E-state index in [9.17, 15) is 0 Å². The fraction of sp³-hybridized carbons (Fsp3) is 0.0227. The van der Waals surface area contributed by atoms with Crippen LogP contribution in [-0.2, 0) is 0 Å². The van der Waals surface area contributed by atoms with Crippen LogP contribution in [0, 0.1) is 6.92 Å². The molecule has 0 saturated carbocycles. The summed E-state index contributed by atoms with van der Waals surface area (Å²) in [5.74, 6) is 0. The molecule has 2 nitrogen and oxygen atoms in total. The molecule has 2 heteroatoms. The fourth-order valence-corrected chi connectivity index (χ4v) is 7.23. The molecule has 2 heterocycles. The molecular weight excluding hydrogens is 556 g/mol. The van der Waals surface area contributed by atoms with Crippen LogP contribution in [0.25, 0.3) is 82.5 Å². The summed E-state index contributed by atoms with van der Waals surface area (Å²) in [6.45, 7) is 2.18. The lowest BCUT2D eigenvalue weighted by molar-refractivity contribution is 1.18. The van der Waals surface area contributed by atoms with E-state index in [1.165, 1.54) is 71.2 Å². The summed E-state index contributed by atoms with van der Waals surface area (Å²) >= 11 is 0. The number of nitrogens with zero attached hydrogens (tertiary/aromatic N) is 2. The number of pyridine rings is 1. The van der Waals surface area contributed by atoms with Crippen molar-refractivity contribution < 1.29 is 0 Å². The van der Waals surface area contributed by atoms with Crippen LogP contribution in [0.15, 0.2) is 164 Å². The Morgan fingerprint density at radius 1 is 0.413 bits per heavy atom. The molecule has 0 N–H and O–H groups in total. The minimum Gasteiger partial charge on any atom is -0.309 e. The maximum atomic E-state index is 4.56. The van der Waals surface area contributed by atoms with Crippen molar-refractivity contribution in [2.45, 2.75) is 6.92 Å². The highest BCUT2D eigenvalue weighted by Gasteiger charge is 2.18. The third-order valence-electron chi connectivity index (χ3n) is 9.31. The highest BCUT2D eigenvalue weighted by molar-refractivity contribution is 6.21. The van der Waals surface area contributed by atoms with Crippen LogP contribution in [0.4, 0.5) is 0 Å². The molecule has 9 aromatic rings. The van der Waals surface area contributed by atoms with Crippen LogP contribution in [0.3, 0.4) is 0 Å². The van der Waals surface area contributed by atoms with Gasteiger partial charge in [-0.15, -0.1) is 0 Å². The van der Waals surface area contributed by atoms with Crippen molar-refractivity contribution in [1.29, 1.82) is 0 Å². The summed E-state index contributed by atoms with van der Waals surface area (Å²) in [5.41, 5.74) is 11.9. The van der Waals surface area contributed by atoms with Crippen molar-refractivity contribution in [2.75, 3.05) is 0 Å². The van der Waals surface area contributed by atoms with Gasteiger partial charge in [-0.2, -0.15) is 0 Å². The molecule has 0 unspecified atom stereocenters. The fourth-order valence-electron chi connectivity index (χ4n) is 7.23. The van der Waals surface area contributed by atoms with Gasteiger partial charge < -0.3 is 4.57 Å². The maximum Gasteiger partial charge on any atom is 0.0701 e. The van der Waals surface area contributed by atoms with Gasteiger partial charge in [-0.1, -0.05) is 127 Å². The standard InChI is InChI=1S/C44H30N2/c1-29-17-26-38-39(28-29)44(31-20-18-30(19-21-31)40-14-8-9-27-45-40)37-13-3-2-12-36(37)43(38)32-22-24-33(25-23-32)46-41-15-6-4-10-34(41)35-11-5-7-16-42(35)46/h2-28H,1H3. The van der Waals surface area contributed by atoms with E-state index < -0.39 is 0 Å². The number of aryl methyl sites for hydroxylation is 1. The molecule has 7 aromatic carbocycles. The van der Waals surface area contributed by atoms with Gasteiger partial charge in [0.15, 0.2) is 0 Å². The van der Waals surface area contributed by atoms with Crippen molar-refractivity contribution in [3.63, 3.8) is 0 Å². The Morgan fingerprint density at radius 3 is 1.52 bits per heavy atom. The van der Waals surface area contributed by atoms with Crippen LogP contribution in [0.2, 0.25) is 0 Å². The van der Waals surface area contributed by atoms with Crippen LogP contribution in [0.1, 0.15) is 5.56 Å². The van der Waals surface area contributed by atoms with E-state index in [1.54, 1.807) is 0 Å². The summed E-state index contributed by atoms with van der Waals surface area (Å²) in [6.07, 6.45) is 1.85.